The van der Waals surface area contributed by atoms with Crippen LogP contribution in [0.1, 0.15) is 25.7 Å². The topological polar surface area (TPSA) is 83.6 Å². The smallest absolute Gasteiger partial charge is 0.308 e. The van der Waals surface area contributed by atoms with E-state index in [1.54, 1.807) is 4.90 Å². The number of halogens is 2. The van der Waals surface area contributed by atoms with E-state index >= 15 is 0 Å². The zero-order valence-electron chi connectivity index (χ0n) is 14.8. The number of hydrogen-bond donors (Lipinski definition) is 1. The lowest BCUT2D eigenvalue weighted by molar-refractivity contribution is -0.146. The maximum atomic E-state index is 13.8. The summed E-state index contributed by atoms with van der Waals surface area (Å²) in [5.74, 6) is -2.49. The number of piperidine rings is 1. The van der Waals surface area contributed by atoms with Crippen LogP contribution in [0.3, 0.4) is 0 Å². The van der Waals surface area contributed by atoms with Gasteiger partial charge in [-0.25, -0.2) is 13.8 Å². The second-order valence-electron chi connectivity index (χ2n) is 6.92. The van der Waals surface area contributed by atoms with Crippen molar-refractivity contribution >= 4 is 11.9 Å². The summed E-state index contributed by atoms with van der Waals surface area (Å²) in [5.41, 5.74) is 0.0932. The van der Waals surface area contributed by atoms with Crippen LogP contribution in [0.5, 0.6) is 0 Å². The van der Waals surface area contributed by atoms with Crippen molar-refractivity contribution in [1.82, 2.24) is 9.88 Å². The van der Waals surface area contributed by atoms with Crippen molar-refractivity contribution in [1.29, 1.82) is 0 Å². The second-order valence-corrected chi connectivity index (χ2v) is 6.92. The minimum atomic E-state index is -0.891. The number of carboxylic acids is 1. The number of carboxylic acid groups (broad SMARTS) is 1. The number of amides is 1. The molecule has 0 bridgehead atoms. The molecular weight excluding hydrogens is 358 g/mol. The Morgan fingerprint density at radius 2 is 2.11 bits per heavy atom. The van der Waals surface area contributed by atoms with Crippen LogP contribution < -0.4 is 0 Å². The quantitative estimate of drug-likeness (QED) is 0.864. The van der Waals surface area contributed by atoms with Crippen LogP contribution in [0.2, 0.25) is 0 Å². The lowest BCUT2D eigenvalue weighted by Crippen LogP contribution is -2.45. The molecule has 0 radical (unpaired) electrons. The van der Waals surface area contributed by atoms with Crippen molar-refractivity contribution < 1.29 is 27.9 Å². The van der Waals surface area contributed by atoms with Crippen LogP contribution in [-0.4, -0.2) is 40.0 Å². The van der Waals surface area contributed by atoms with Crippen LogP contribution >= 0.6 is 0 Å². The van der Waals surface area contributed by atoms with E-state index in [1.807, 2.05) is 6.92 Å². The number of likely N-dealkylation sites (tertiary alicyclic amines) is 1. The van der Waals surface area contributed by atoms with E-state index in [9.17, 15) is 23.5 Å². The number of carbonyl (C=O) groups excluding carboxylic acids is 1. The molecular formula is C19H20F2N2O4. The second kappa shape index (κ2) is 7.85. The summed E-state index contributed by atoms with van der Waals surface area (Å²) >= 11 is 0. The maximum Gasteiger partial charge on any atom is 0.308 e. The van der Waals surface area contributed by atoms with E-state index < -0.39 is 23.5 Å². The number of aryl methyl sites for hydroxylation is 1. The summed E-state index contributed by atoms with van der Waals surface area (Å²) in [5, 5.41) is 9.20. The van der Waals surface area contributed by atoms with Crippen molar-refractivity contribution in [3.8, 4) is 11.3 Å². The summed E-state index contributed by atoms with van der Waals surface area (Å²) in [4.78, 5) is 29.2. The highest BCUT2D eigenvalue weighted by Crippen LogP contribution is 2.25. The Balaban J connectivity index is 1.61. The van der Waals surface area contributed by atoms with Crippen LogP contribution in [0.15, 0.2) is 28.8 Å². The summed E-state index contributed by atoms with van der Waals surface area (Å²) in [6.45, 7) is 2.66. The van der Waals surface area contributed by atoms with Gasteiger partial charge in [-0.1, -0.05) is 6.92 Å². The van der Waals surface area contributed by atoms with E-state index in [0.29, 0.717) is 13.0 Å². The van der Waals surface area contributed by atoms with Crippen molar-refractivity contribution in [2.75, 3.05) is 13.1 Å². The standard InChI is InChI=1S/C19H20F2N2O4/c1-11-6-12(19(25)26)10-23(9-11)18(24)5-4-17-22-8-16(27-17)14-3-2-13(20)7-15(14)21/h2-3,7-8,11-12H,4-6,9-10H2,1H3,(H,25,26). The van der Waals surface area contributed by atoms with E-state index in [-0.39, 0.29) is 48.4 Å². The molecule has 0 saturated carbocycles. The predicted molar refractivity (Wildman–Crippen MR) is 91.7 cm³/mol. The third-order valence-electron chi connectivity index (χ3n) is 4.66. The first-order valence-corrected chi connectivity index (χ1v) is 8.74. The molecule has 1 aliphatic rings. The van der Waals surface area contributed by atoms with Gasteiger partial charge in [0.05, 0.1) is 17.7 Å². The molecule has 1 amide bonds. The summed E-state index contributed by atoms with van der Waals surface area (Å²) in [6.07, 6.45) is 2.22. The molecule has 27 heavy (non-hydrogen) atoms. The van der Waals surface area contributed by atoms with Crippen molar-refractivity contribution in [3.05, 3.63) is 41.9 Å². The lowest BCUT2D eigenvalue weighted by atomic mass is 9.90. The Morgan fingerprint density at radius 1 is 1.33 bits per heavy atom. The van der Waals surface area contributed by atoms with Crippen LogP contribution in [0.4, 0.5) is 8.78 Å². The van der Waals surface area contributed by atoms with Gasteiger partial charge in [0, 0.05) is 32.0 Å². The first-order chi connectivity index (χ1) is 12.8. The molecule has 1 aromatic carbocycles. The highest BCUT2D eigenvalue weighted by molar-refractivity contribution is 5.78. The number of benzene rings is 1. The zero-order valence-corrected chi connectivity index (χ0v) is 14.8. The molecule has 2 atom stereocenters. The van der Waals surface area contributed by atoms with E-state index in [1.165, 1.54) is 12.3 Å². The summed E-state index contributed by atoms with van der Waals surface area (Å²) in [7, 11) is 0. The van der Waals surface area contributed by atoms with Crippen LogP contribution in [-0.2, 0) is 16.0 Å². The SMILES string of the molecule is CC1CC(C(=O)O)CN(C(=O)CCc2ncc(-c3ccc(F)cc3F)o2)C1. The summed E-state index contributed by atoms with van der Waals surface area (Å²) < 4.78 is 32.3. The van der Waals surface area contributed by atoms with Gasteiger partial charge in [-0.05, 0) is 24.5 Å². The van der Waals surface area contributed by atoms with Gasteiger partial charge < -0.3 is 14.4 Å². The minimum absolute atomic E-state index is 0.0932. The van der Waals surface area contributed by atoms with Gasteiger partial charge in [0.15, 0.2) is 11.7 Å². The molecule has 2 heterocycles. The number of carbonyl (C=O) groups is 2. The van der Waals surface area contributed by atoms with Crippen molar-refractivity contribution in [3.63, 3.8) is 0 Å². The minimum Gasteiger partial charge on any atom is -0.481 e. The first kappa shape index (κ1) is 19.0. The molecule has 3 rings (SSSR count). The Bertz CT molecular complexity index is 852. The summed E-state index contributed by atoms with van der Waals surface area (Å²) in [6, 6.07) is 3.15. The Labute approximate surface area is 154 Å². The van der Waals surface area contributed by atoms with Crippen molar-refractivity contribution in [2.45, 2.75) is 26.2 Å². The molecule has 1 N–H and O–H groups in total. The molecule has 6 nitrogen and oxygen atoms in total. The number of nitrogens with zero attached hydrogens (tertiary/aromatic N) is 2. The lowest BCUT2D eigenvalue weighted by Gasteiger charge is -2.34. The molecule has 1 aliphatic heterocycles. The fourth-order valence-electron chi connectivity index (χ4n) is 3.35. The van der Waals surface area contributed by atoms with E-state index in [4.69, 9.17) is 4.42 Å². The number of aromatic nitrogens is 1. The molecule has 1 fully saturated rings. The highest BCUT2D eigenvalue weighted by atomic mass is 19.1. The molecule has 0 spiro atoms. The number of hydrogen-bond acceptors (Lipinski definition) is 4. The van der Waals surface area contributed by atoms with Gasteiger partial charge in [-0.3, -0.25) is 9.59 Å². The molecule has 1 saturated heterocycles. The van der Waals surface area contributed by atoms with Crippen molar-refractivity contribution in [2.24, 2.45) is 11.8 Å². The van der Waals surface area contributed by atoms with Gasteiger partial charge in [-0.15, -0.1) is 0 Å². The fourth-order valence-corrected chi connectivity index (χ4v) is 3.35. The molecule has 2 unspecified atom stereocenters. The Kier molecular flexibility index (Phi) is 5.53. The normalized spacial score (nSPS) is 19.9. The van der Waals surface area contributed by atoms with Gasteiger partial charge >= 0.3 is 5.97 Å². The third-order valence-corrected chi connectivity index (χ3v) is 4.66. The zero-order chi connectivity index (χ0) is 19.6. The average molecular weight is 378 g/mol. The largest absolute Gasteiger partial charge is 0.481 e. The number of rotatable bonds is 5. The highest BCUT2D eigenvalue weighted by Gasteiger charge is 2.31. The van der Waals surface area contributed by atoms with E-state index in [2.05, 4.69) is 4.98 Å². The maximum absolute atomic E-state index is 13.8. The van der Waals surface area contributed by atoms with Gasteiger partial charge in [-0.2, -0.15) is 0 Å². The fraction of sp³-hybridized carbons (Fsp3) is 0.421. The number of oxazole rings is 1. The molecule has 2 aromatic rings. The molecule has 0 aliphatic carbocycles. The molecule has 144 valence electrons. The predicted octanol–water partition coefficient (Wildman–Crippen LogP) is 3.12. The molecule has 8 heteroatoms. The van der Waals surface area contributed by atoms with Gasteiger partial charge in [0.1, 0.15) is 11.6 Å². The third kappa shape index (κ3) is 4.50. The monoisotopic (exact) mass is 378 g/mol. The van der Waals surface area contributed by atoms with Crippen LogP contribution in [0.25, 0.3) is 11.3 Å². The average Bonchev–Trinajstić information content (AvgIpc) is 3.07. The van der Waals surface area contributed by atoms with Crippen LogP contribution in [0, 0.1) is 23.5 Å². The van der Waals surface area contributed by atoms with Gasteiger partial charge in [0.25, 0.3) is 0 Å². The van der Waals surface area contributed by atoms with Gasteiger partial charge in [0.2, 0.25) is 5.91 Å². The first-order valence-electron chi connectivity index (χ1n) is 8.74. The number of aliphatic carboxylic acids is 1. The van der Waals surface area contributed by atoms with E-state index in [0.717, 1.165) is 12.1 Å². The Morgan fingerprint density at radius 3 is 2.81 bits per heavy atom. The molecule has 1 aromatic heterocycles. The Hall–Kier alpha value is -2.77.